The van der Waals surface area contributed by atoms with Crippen LogP contribution in [0.4, 0.5) is 11.7 Å². The predicted molar refractivity (Wildman–Crippen MR) is 80.3 cm³/mol. The minimum atomic E-state index is -0.440. The summed E-state index contributed by atoms with van der Waals surface area (Å²) in [4.78, 5) is 14.6. The first-order valence-electron chi connectivity index (χ1n) is 7.19. The fourth-order valence-corrected chi connectivity index (χ4v) is 2.56. The number of rotatable bonds is 5. The van der Waals surface area contributed by atoms with Crippen molar-refractivity contribution < 1.29 is 9.34 Å². The van der Waals surface area contributed by atoms with Crippen LogP contribution in [0, 0.1) is 10.1 Å². The Morgan fingerprint density at radius 2 is 2.29 bits per heavy atom. The number of hydrogen-bond donors (Lipinski definition) is 1. The molecular formula is C15H17N3O3. The van der Waals surface area contributed by atoms with E-state index in [9.17, 15) is 10.1 Å². The molecule has 21 heavy (non-hydrogen) atoms. The molecule has 0 radical (unpaired) electrons. The molecule has 0 saturated heterocycles. The van der Waals surface area contributed by atoms with Crippen LogP contribution in [-0.4, -0.2) is 16.5 Å². The molecule has 0 unspecified atom stereocenters. The van der Waals surface area contributed by atoms with Crippen molar-refractivity contribution in [1.29, 1.82) is 0 Å². The number of nitrogens with one attached hydrogen (secondary N) is 1. The van der Waals surface area contributed by atoms with E-state index in [1.54, 1.807) is 6.07 Å². The Hall–Kier alpha value is -2.37. The molecule has 110 valence electrons. The number of nitrogens with zero attached hydrogens (tertiary/aromatic N) is 2. The monoisotopic (exact) mass is 287 g/mol. The van der Waals surface area contributed by atoms with Crippen molar-refractivity contribution in [1.82, 2.24) is 4.98 Å². The summed E-state index contributed by atoms with van der Waals surface area (Å²) in [5, 5.41) is 13.9. The largest absolute Gasteiger partial charge is 0.423 e. The number of benzene rings is 1. The van der Waals surface area contributed by atoms with Gasteiger partial charge < -0.3 is 9.73 Å². The first-order chi connectivity index (χ1) is 10.2. The van der Waals surface area contributed by atoms with Crippen molar-refractivity contribution in [3.8, 4) is 0 Å². The highest BCUT2D eigenvalue weighted by Gasteiger charge is 2.11. The Morgan fingerprint density at radius 1 is 1.38 bits per heavy atom. The van der Waals surface area contributed by atoms with Crippen LogP contribution in [0.2, 0.25) is 0 Å². The molecule has 0 amide bonds. The fourth-order valence-electron chi connectivity index (χ4n) is 2.56. The van der Waals surface area contributed by atoms with Gasteiger partial charge in [0.2, 0.25) is 0 Å². The summed E-state index contributed by atoms with van der Waals surface area (Å²) < 4.78 is 5.50. The Kier molecular flexibility index (Phi) is 3.85. The zero-order chi connectivity index (χ0) is 14.7. The van der Waals surface area contributed by atoms with Gasteiger partial charge in [-0.25, -0.2) is 0 Å². The number of aromatic nitrogens is 1. The zero-order valence-corrected chi connectivity index (χ0v) is 11.7. The van der Waals surface area contributed by atoms with Crippen LogP contribution < -0.4 is 5.32 Å². The number of hydrogen-bond acceptors (Lipinski definition) is 5. The van der Waals surface area contributed by atoms with E-state index in [1.165, 1.54) is 43.4 Å². The molecule has 6 nitrogen and oxygen atoms in total. The zero-order valence-electron chi connectivity index (χ0n) is 11.7. The van der Waals surface area contributed by atoms with E-state index >= 15 is 0 Å². The van der Waals surface area contributed by atoms with Crippen LogP contribution in [0.3, 0.4) is 0 Å². The molecule has 1 N–H and O–H groups in total. The summed E-state index contributed by atoms with van der Waals surface area (Å²) in [6.45, 7) is 0.765. The Labute approximate surface area is 122 Å². The van der Waals surface area contributed by atoms with Crippen molar-refractivity contribution in [3.63, 3.8) is 0 Å². The fraction of sp³-hybridized carbons (Fsp3) is 0.400. The number of nitro benzene ring substituents is 1. The van der Waals surface area contributed by atoms with Crippen LogP contribution in [0.25, 0.3) is 11.1 Å². The molecule has 2 aromatic rings. The van der Waals surface area contributed by atoms with Crippen LogP contribution in [-0.2, 0) is 0 Å². The first kappa shape index (κ1) is 13.6. The van der Waals surface area contributed by atoms with Crippen LogP contribution in [0.15, 0.2) is 34.3 Å². The number of oxazole rings is 1. The third-order valence-electron chi connectivity index (χ3n) is 3.69. The van der Waals surface area contributed by atoms with Gasteiger partial charge in [-0.1, -0.05) is 11.6 Å². The van der Waals surface area contributed by atoms with Gasteiger partial charge in [0.25, 0.3) is 11.7 Å². The maximum atomic E-state index is 10.7. The summed E-state index contributed by atoms with van der Waals surface area (Å²) in [5.74, 6) is 0. The van der Waals surface area contributed by atoms with Crippen LogP contribution in [0.5, 0.6) is 0 Å². The van der Waals surface area contributed by atoms with E-state index in [-0.39, 0.29) is 5.69 Å². The van der Waals surface area contributed by atoms with Gasteiger partial charge in [-0.3, -0.25) is 10.1 Å². The minimum absolute atomic E-state index is 0.0116. The van der Waals surface area contributed by atoms with Gasteiger partial charge in [0.15, 0.2) is 5.58 Å². The molecule has 0 atom stereocenters. The van der Waals surface area contributed by atoms with Crippen molar-refractivity contribution >= 4 is 22.8 Å². The second-order valence-electron chi connectivity index (χ2n) is 5.21. The molecule has 0 fully saturated rings. The lowest BCUT2D eigenvalue weighted by molar-refractivity contribution is -0.384. The van der Waals surface area contributed by atoms with Crippen molar-refractivity contribution in [2.24, 2.45) is 0 Å². The molecular weight excluding hydrogens is 270 g/mol. The molecule has 0 bridgehead atoms. The quantitative estimate of drug-likeness (QED) is 0.510. The first-order valence-corrected chi connectivity index (χ1v) is 7.19. The highest BCUT2D eigenvalue weighted by atomic mass is 16.6. The molecule has 1 aromatic heterocycles. The van der Waals surface area contributed by atoms with E-state index in [2.05, 4.69) is 16.4 Å². The van der Waals surface area contributed by atoms with Gasteiger partial charge in [0, 0.05) is 12.6 Å². The highest BCUT2D eigenvalue weighted by molar-refractivity contribution is 5.77. The summed E-state index contributed by atoms with van der Waals surface area (Å²) in [7, 11) is 0. The molecule has 0 saturated carbocycles. The maximum Gasteiger partial charge on any atom is 0.295 e. The second-order valence-corrected chi connectivity index (χ2v) is 5.21. The normalized spacial score (nSPS) is 15.0. The van der Waals surface area contributed by atoms with Gasteiger partial charge in [0.1, 0.15) is 5.52 Å². The average molecular weight is 287 g/mol. The lowest BCUT2D eigenvalue weighted by atomic mass is 9.97. The Balaban J connectivity index is 1.64. The number of allylic oxidation sites excluding steroid dienone is 1. The lowest BCUT2D eigenvalue weighted by Crippen LogP contribution is -2.04. The van der Waals surface area contributed by atoms with Crippen molar-refractivity contribution in [3.05, 3.63) is 40.0 Å². The molecule has 6 heteroatoms. The van der Waals surface area contributed by atoms with Crippen LogP contribution in [0.1, 0.15) is 32.1 Å². The molecule has 3 rings (SSSR count). The maximum absolute atomic E-state index is 10.7. The molecule has 1 aromatic carbocycles. The van der Waals surface area contributed by atoms with E-state index < -0.39 is 4.92 Å². The lowest BCUT2D eigenvalue weighted by Gasteiger charge is -2.12. The van der Waals surface area contributed by atoms with Gasteiger partial charge in [-0.15, -0.1) is 0 Å². The second kappa shape index (κ2) is 5.95. The SMILES string of the molecule is O=[N+]([O-])c1ccc2nc(NCCC3=CCCCC3)oc2c1. The molecule has 1 aliphatic rings. The standard InChI is InChI=1S/C15H17N3O3/c19-18(20)12-6-7-13-14(10-12)21-15(17-13)16-9-8-11-4-2-1-3-5-11/h4,6-7,10H,1-3,5,8-9H2,(H,16,17). The topological polar surface area (TPSA) is 81.2 Å². The summed E-state index contributed by atoms with van der Waals surface area (Å²) in [6.07, 6.45) is 8.24. The van der Waals surface area contributed by atoms with Gasteiger partial charge >= 0.3 is 0 Å². The summed E-state index contributed by atoms with van der Waals surface area (Å²) in [6, 6.07) is 4.85. The third kappa shape index (κ3) is 3.21. The van der Waals surface area contributed by atoms with Gasteiger partial charge in [-0.05, 0) is 38.2 Å². The van der Waals surface area contributed by atoms with E-state index in [0.29, 0.717) is 17.1 Å². The van der Waals surface area contributed by atoms with Crippen LogP contribution >= 0.6 is 0 Å². The number of anilines is 1. The van der Waals surface area contributed by atoms with Crippen molar-refractivity contribution in [2.75, 3.05) is 11.9 Å². The smallest absolute Gasteiger partial charge is 0.295 e. The van der Waals surface area contributed by atoms with E-state index in [4.69, 9.17) is 4.42 Å². The summed E-state index contributed by atoms with van der Waals surface area (Å²) in [5.41, 5.74) is 2.56. The number of fused-ring (bicyclic) bond motifs is 1. The summed E-state index contributed by atoms with van der Waals surface area (Å²) >= 11 is 0. The molecule has 1 aliphatic carbocycles. The third-order valence-corrected chi connectivity index (χ3v) is 3.69. The minimum Gasteiger partial charge on any atom is -0.423 e. The van der Waals surface area contributed by atoms with E-state index in [1.807, 2.05) is 0 Å². The van der Waals surface area contributed by atoms with Gasteiger partial charge in [0.05, 0.1) is 11.0 Å². The Morgan fingerprint density at radius 3 is 3.05 bits per heavy atom. The molecule has 0 aliphatic heterocycles. The molecule has 1 heterocycles. The Bertz CT molecular complexity index is 691. The molecule has 0 spiro atoms. The van der Waals surface area contributed by atoms with Crippen molar-refractivity contribution in [2.45, 2.75) is 32.1 Å². The predicted octanol–water partition coefficient (Wildman–Crippen LogP) is 4.04. The highest BCUT2D eigenvalue weighted by Crippen LogP contribution is 2.24. The van der Waals surface area contributed by atoms with E-state index in [0.717, 1.165) is 13.0 Å². The average Bonchev–Trinajstić information content (AvgIpc) is 2.90. The number of nitro groups is 1. The number of non-ortho nitro benzene ring substituents is 1. The van der Waals surface area contributed by atoms with Gasteiger partial charge in [-0.2, -0.15) is 4.98 Å².